The van der Waals surface area contributed by atoms with Crippen molar-refractivity contribution in [3.8, 4) is 23.0 Å². The first-order chi connectivity index (χ1) is 23.9. The number of phenolic OH excluding ortho intramolecular Hbond substituents is 1. The second kappa shape index (κ2) is 13.1. The lowest BCUT2D eigenvalue weighted by Gasteiger charge is -2.46. The van der Waals surface area contributed by atoms with E-state index >= 15 is 0 Å². The van der Waals surface area contributed by atoms with Crippen molar-refractivity contribution >= 4 is 0 Å². The summed E-state index contributed by atoms with van der Waals surface area (Å²) in [6.45, 7) is 4.46. The zero-order valence-corrected chi connectivity index (χ0v) is 30.1. The number of ether oxygens (including phenoxy) is 5. The van der Waals surface area contributed by atoms with Gasteiger partial charge in [0.25, 0.3) is 0 Å². The second-order valence-electron chi connectivity index (χ2n) is 14.1. The van der Waals surface area contributed by atoms with E-state index in [1.165, 1.54) is 33.4 Å². The molecular weight excluding hydrogens is 616 g/mol. The number of likely N-dealkylation sites (N-methyl/N-ethyl adjacent to an activating group) is 2. The molecule has 2 aromatic carbocycles. The van der Waals surface area contributed by atoms with E-state index in [2.05, 4.69) is 61.9 Å². The van der Waals surface area contributed by atoms with Crippen molar-refractivity contribution in [3.63, 3.8) is 0 Å². The molecule has 8 heteroatoms. The average molecular weight is 669 g/mol. The number of hydrogen-bond acceptors (Lipinski definition) is 8. The Labute approximate surface area is 291 Å². The highest BCUT2D eigenvalue weighted by molar-refractivity contribution is 5.68. The van der Waals surface area contributed by atoms with Crippen molar-refractivity contribution in [2.45, 2.75) is 100 Å². The summed E-state index contributed by atoms with van der Waals surface area (Å²) >= 11 is 0. The van der Waals surface area contributed by atoms with Gasteiger partial charge in [-0.15, -0.1) is 0 Å². The van der Waals surface area contributed by atoms with E-state index in [-0.39, 0.29) is 34.8 Å². The minimum absolute atomic E-state index is 0.106. The first-order valence-electron chi connectivity index (χ1n) is 18.0. The second-order valence-corrected chi connectivity index (χ2v) is 14.1. The topological polar surface area (TPSA) is 90.4 Å². The van der Waals surface area contributed by atoms with E-state index in [9.17, 15) is 5.11 Å². The summed E-state index contributed by atoms with van der Waals surface area (Å²) < 4.78 is 29.9. The SMILES string of the molecule is CCCC[C@@]12C3=CC=C(OC)C1Oc1c(O)ccc(c12)CC3NC.CCCC[C@@]12C3=CC=C(OC)C1Oc1c(OC)ccc(c12)CC3NC. The van der Waals surface area contributed by atoms with Gasteiger partial charge in [0.1, 0.15) is 11.5 Å². The maximum atomic E-state index is 10.4. The molecule has 2 heterocycles. The van der Waals surface area contributed by atoms with Gasteiger partial charge >= 0.3 is 0 Å². The molecule has 262 valence electrons. The highest BCUT2D eigenvalue weighted by atomic mass is 16.6. The number of unbranched alkanes of at least 4 members (excludes halogenated alkanes) is 2. The van der Waals surface area contributed by atoms with Crippen LogP contribution in [-0.4, -0.2) is 64.8 Å². The van der Waals surface area contributed by atoms with Gasteiger partial charge in [0.05, 0.1) is 32.2 Å². The van der Waals surface area contributed by atoms with Crippen molar-refractivity contribution in [1.29, 1.82) is 0 Å². The van der Waals surface area contributed by atoms with E-state index in [0.29, 0.717) is 11.8 Å². The Morgan fingerprint density at radius 1 is 0.694 bits per heavy atom. The van der Waals surface area contributed by atoms with Gasteiger partial charge in [0, 0.05) is 23.2 Å². The highest BCUT2D eigenvalue weighted by Gasteiger charge is 2.60. The van der Waals surface area contributed by atoms with E-state index in [0.717, 1.165) is 74.4 Å². The molecule has 0 radical (unpaired) electrons. The van der Waals surface area contributed by atoms with Crippen LogP contribution in [-0.2, 0) is 33.1 Å². The molecule has 8 rings (SSSR count). The number of hydrogen-bond donors (Lipinski definition) is 3. The van der Waals surface area contributed by atoms with Crippen LogP contribution in [0.4, 0.5) is 0 Å². The van der Waals surface area contributed by atoms with Crippen molar-refractivity contribution in [3.05, 3.63) is 93.5 Å². The minimum atomic E-state index is -0.231. The number of aromatic hydroxyl groups is 1. The zero-order valence-electron chi connectivity index (χ0n) is 30.1. The van der Waals surface area contributed by atoms with Gasteiger partial charge in [-0.3, -0.25) is 0 Å². The molecule has 3 N–H and O–H groups in total. The summed E-state index contributed by atoms with van der Waals surface area (Å²) in [5.74, 6) is 4.36. The largest absolute Gasteiger partial charge is 0.504 e. The van der Waals surface area contributed by atoms with Gasteiger partial charge in [0.15, 0.2) is 35.2 Å². The number of methoxy groups -OCH3 is 3. The predicted octanol–water partition coefficient (Wildman–Crippen LogP) is 6.69. The average Bonchev–Trinajstić information content (AvgIpc) is 3.68. The normalized spacial score (nSPS) is 29.0. The Balaban J connectivity index is 0.000000154. The molecule has 4 aliphatic carbocycles. The molecule has 2 aromatic rings. The lowest BCUT2D eigenvalue weighted by molar-refractivity contribution is 0.106. The molecule has 6 aliphatic rings. The number of allylic oxidation sites excluding steroid dienone is 4. The number of benzene rings is 2. The van der Waals surface area contributed by atoms with Crippen LogP contribution in [0.15, 0.2) is 71.2 Å². The predicted molar refractivity (Wildman–Crippen MR) is 192 cm³/mol. The van der Waals surface area contributed by atoms with E-state index < -0.39 is 0 Å². The van der Waals surface area contributed by atoms with Crippen LogP contribution in [0.3, 0.4) is 0 Å². The first kappa shape index (κ1) is 33.6. The molecule has 2 aliphatic heterocycles. The molecule has 0 saturated carbocycles. The fourth-order valence-corrected chi connectivity index (χ4v) is 9.73. The molecule has 0 aromatic heterocycles. The lowest BCUT2D eigenvalue weighted by atomic mass is 9.59. The summed E-state index contributed by atoms with van der Waals surface area (Å²) in [5, 5.41) is 17.4. The van der Waals surface area contributed by atoms with Crippen molar-refractivity contribution < 1.29 is 28.8 Å². The van der Waals surface area contributed by atoms with Crippen molar-refractivity contribution in [2.75, 3.05) is 35.4 Å². The first-order valence-corrected chi connectivity index (χ1v) is 18.0. The van der Waals surface area contributed by atoms with Crippen LogP contribution in [0.1, 0.15) is 74.6 Å². The number of phenols is 1. The smallest absolute Gasteiger partial charge is 0.169 e. The Morgan fingerprint density at radius 3 is 1.65 bits per heavy atom. The van der Waals surface area contributed by atoms with E-state index in [1.807, 2.05) is 19.2 Å². The third kappa shape index (κ3) is 4.77. The van der Waals surface area contributed by atoms with Crippen LogP contribution in [0.5, 0.6) is 23.0 Å². The molecule has 0 saturated heterocycles. The van der Waals surface area contributed by atoms with Gasteiger partial charge < -0.3 is 39.4 Å². The highest BCUT2D eigenvalue weighted by Crippen LogP contribution is 2.62. The van der Waals surface area contributed by atoms with Gasteiger partial charge in [-0.25, -0.2) is 0 Å². The molecule has 8 nitrogen and oxygen atoms in total. The molecule has 0 fully saturated rings. The maximum absolute atomic E-state index is 10.4. The molecule has 6 atom stereocenters. The van der Waals surface area contributed by atoms with Crippen molar-refractivity contribution in [1.82, 2.24) is 10.6 Å². The van der Waals surface area contributed by atoms with Gasteiger partial charge in [-0.05, 0) is 86.3 Å². The monoisotopic (exact) mass is 668 g/mol. The van der Waals surface area contributed by atoms with Crippen molar-refractivity contribution in [2.24, 2.45) is 0 Å². The minimum Gasteiger partial charge on any atom is -0.504 e. The third-order valence-electron chi connectivity index (χ3n) is 11.9. The fourth-order valence-electron chi connectivity index (χ4n) is 9.73. The summed E-state index contributed by atoms with van der Waals surface area (Å²) in [6.07, 6.45) is 16.8. The van der Waals surface area contributed by atoms with Crippen LogP contribution in [0, 0.1) is 0 Å². The van der Waals surface area contributed by atoms with Gasteiger partial charge in [-0.1, -0.05) is 63.8 Å². The van der Waals surface area contributed by atoms with Gasteiger partial charge in [-0.2, -0.15) is 0 Å². The van der Waals surface area contributed by atoms with Crippen LogP contribution in [0.2, 0.25) is 0 Å². The zero-order chi connectivity index (χ0) is 34.5. The van der Waals surface area contributed by atoms with Crippen LogP contribution in [0.25, 0.3) is 0 Å². The Morgan fingerprint density at radius 2 is 1.18 bits per heavy atom. The Kier molecular flexibility index (Phi) is 8.99. The summed E-state index contributed by atoms with van der Waals surface area (Å²) in [5.41, 5.74) is 7.55. The van der Waals surface area contributed by atoms with Crippen LogP contribution >= 0.6 is 0 Å². The molecule has 4 unspecified atom stereocenters. The van der Waals surface area contributed by atoms with Crippen LogP contribution < -0.4 is 24.8 Å². The molecule has 0 bridgehead atoms. The molecule has 0 spiro atoms. The third-order valence-corrected chi connectivity index (χ3v) is 11.9. The molecular formula is C41H52N2O6. The van der Waals surface area contributed by atoms with Gasteiger partial charge in [0.2, 0.25) is 0 Å². The Bertz CT molecular complexity index is 1740. The summed E-state index contributed by atoms with van der Waals surface area (Å²) in [6, 6.07) is 8.67. The summed E-state index contributed by atoms with van der Waals surface area (Å²) in [7, 11) is 9.22. The van der Waals surface area contributed by atoms with E-state index in [1.54, 1.807) is 27.4 Å². The van der Waals surface area contributed by atoms with E-state index in [4.69, 9.17) is 23.7 Å². The summed E-state index contributed by atoms with van der Waals surface area (Å²) in [4.78, 5) is 0. The Hall–Kier alpha value is -3.88. The maximum Gasteiger partial charge on any atom is 0.169 e. The molecule has 0 amide bonds. The number of rotatable bonds is 11. The molecule has 49 heavy (non-hydrogen) atoms. The lowest BCUT2D eigenvalue weighted by Crippen LogP contribution is -2.52. The quantitative estimate of drug-likeness (QED) is 0.244. The number of nitrogens with one attached hydrogen (secondary N) is 2. The fraction of sp³-hybridized carbons (Fsp3) is 0.512. The standard InChI is InChI=1S/C21H27NO3.C20H25NO3/c1-5-6-11-21-14-8-10-17(24-4)20(21)25-19-16(23-3)9-7-13(18(19)21)12-15(14)22-2;1-4-5-10-20-13-7-9-16(23-3)19(20)24-18-15(22)8-6-12(17(18)20)11-14(13)21-2/h7-10,15,20,22H,5-6,11-12H2,1-4H3;6-9,14,19,21-22H,4-5,10-11H2,1-3H3/t15?,20?,21-;14?,19?,20-/m00/s1.